The van der Waals surface area contributed by atoms with Gasteiger partial charge in [-0.1, -0.05) is 35.5 Å². The van der Waals surface area contributed by atoms with Gasteiger partial charge in [0.15, 0.2) is 5.16 Å². The molecule has 2 aromatic carbocycles. The maximum atomic E-state index is 13.1. The molecule has 0 unspecified atom stereocenters. The summed E-state index contributed by atoms with van der Waals surface area (Å²) in [6.07, 6.45) is 1.60. The van der Waals surface area contributed by atoms with Gasteiger partial charge in [0.1, 0.15) is 11.5 Å². The van der Waals surface area contributed by atoms with Crippen LogP contribution in [-0.2, 0) is 12.3 Å². The predicted molar refractivity (Wildman–Crippen MR) is 111 cm³/mol. The number of methoxy groups -OCH3 is 1. The Morgan fingerprint density at radius 3 is 2.71 bits per heavy atom. The van der Waals surface area contributed by atoms with Crippen molar-refractivity contribution in [3.63, 3.8) is 0 Å². The summed E-state index contributed by atoms with van der Waals surface area (Å²) in [5.41, 5.74) is 1.58. The molecule has 2 aromatic heterocycles. The molecule has 0 saturated carbocycles. The topological polar surface area (TPSA) is 57.3 Å². The average molecular weight is 413 g/mol. The lowest BCUT2D eigenvalue weighted by Crippen LogP contribution is -2.23. The van der Waals surface area contributed by atoms with Gasteiger partial charge in [-0.05, 0) is 48.0 Å². The van der Waals surface area contributed by atoms with Crippen LogP contribution in [0.2, 0.25) is 5.02 Å². The molecule has 2 heterocycles. The molecule has 0 aliphatic heterocycles. The molecule has 0 atom stereocenters. The minimum Gasteiger partial charge on any atom is -0.497 e. The van der Waals surface area contributed by atoms with Crippen LogP contribution in [0, 0.1) is 0 Å². The Hall–Kier alpha value is -2.70. The molecule has 0 fully saturated rings. The number of nitrogens with zero attached hydrogens (tertiary/aromatic N) is 2. The van der Waals surface area contributed by atoms with Crippen molar-refractivity contribution < 1.29 is 9.15 Å². The monoisotopic (exact) mass is 412 g/mol. The minimum atomic E-state index is -0.115. The van der Waals surface area contributed by atoms with Gasteiger partial charge in [0.25, 0.3) is 5.56 Å². The second-order valence-electron chi connectivity index (χ2n) is 6.16. The lowest BCUT2D eigenvalue weighted by atomic mass is 10.2. The van der Waals surface area contributed by atoms with Crippen LogP contribution < -0.4 is 10.3 Å². The van der Waals surface area contributed by atoms with Crippen molar-refractivity contribution in [1.82, 2.24) is 9.55 Å². The van der Waals surface area contributed by atoms with Crippen molar-refractivity contribution in [3.05, 3.63) is 87.6 Å². The molecule has 0 aliphatic rings. The Morgan fingerprint density at radius 1 is 1.18 bits per heavy atom. The van der Waals surface area contributed by atoms with Crippen LogP contribution in [0.4, 0.5) is 0 Å². The summed E-state index contributed by atoms with van der Waals surface area (Å²) in [5.74, 6) is 2.17. The molecule has 0 saturated heterocycles. The van der Waals surface area contributed by atoms with Gasteiger partial charge in [-0.2, -0.15) is 0 Å². The van der Waals surface area contributed by atoms with E-state index in [1.54, 1.807) is 42.2 Å². The highest BCUT2D eigenvalue weighted by Crippen LogP contribution is 2.25. The number of hydrogen-bond donors (Lipinski definition) is 0. The highest BCUT2D eigenvalue weighted by atomic mass is 35.5. The first-order valence-corrected chi connectivity index (χ1v) is 9.98. The van der Waals surface area contributed by atoms with Crippen molar-refractivity contribution in [1.29, 1.82) is 0 Å². The van der Waals surface area contributed by atoms with Crippen LogP contribution in [0.5, 0.6) is 5.75 Å². The van der Waals surface area contributed by atoms with Crippen molar-refractivity contribution in [2.24, 2.45) is 0 Å². The number of aromatic nitrogens is 2. The van der Waals surface area contributed by atoms with Crippen molar-refractivity contribution in [2.75, 3.05) is 7.11 Å². The first-order chi connectivity index (χ1) is 13.6. The van der Waals surface area contributed by atoms with Crippen LogP contribution in [0.1, 0.15) is 11.3 Å². The van der Waals surface area contributed by atoms with Gasteiger partial charge >= 0.3 is 0 Å². The van der Waals surface area contributed by atoms with E-state index in [1.165, 1.54) is 11.8 Å². The molecule has 142 valence electrons. The Kier molecular flexibility index (Phi) is 5.41. The number of fused-ring (bicyclic) bond motifs is 1. The SMILES string of the molecule is COc1ccc(CSc2nc3cc(Cl)ccc3c(=O)n2Cc2ccco2)cc1. The first kappa shape index (κ1) is 18.7. The number of ether oxygens (including phenoxy) is 1. The summed E-state index contributed by atoms with van der Waals surface area (Å²) in [6, 6.07) is 16.6. The molecule has 0 spiro atoms. The number of rotatable bonds is 6. The largest absolute Gasteiger partial charge is 0.497 e. The van der Waals surface area contributed by atoms with E-state index in [-0.39, 0.29) is 5.56 Å². The predicted octanol–water partition coefficient (Wildman–Crippen LogP) is 4.99. The highest BCUT2D eigenvalue weighted by Gasteiger charge is 2.14. The van der Waals surface area contributed by atoms with E-state index < -0.39 is 0 Å². The van der Waals surface area contributed by atoms with E-state index in [0.29, 0.717) is 39.1 Å². The summed E-state index contributed by atoms with van der Waals surface area (Å²) in [5, 5.41) is 1.70. The zero-order valence-electron chi connectivity index (χ0n) is 15.1. The average Bonchev–Trinajstić information content (AvgIpc) is 3.22. The number of furan rings is 1. The second-order valence-corrected chi connectivity index (χ2v) is 7.54. The maximum absolute atomic E-state index is 13.1. The Morgan fingerprint density at radius 2 is 2.00 bits per heavy atom. The van der Waals surface area contributed by atoms with Gasteiger partial charge < -0.3 is 9.15 Å². The van der Waals surface area contributed by atoms with E-state index in [1.807, 2.05) is 30.3 Å². The number of thioether (sulfide) groups is 1. The van der Waals surface area contributed by atoms with E-state index >= 15 is 0 Å². The fourth-order valence-electron chi connectivity index (χ4n) is 2.85. The number of hydrogen-bond acceptors (Lipinski definition) is 5. The zero-order chi connectivity index (χ0) is 19.5. The van der Waals surface area contributed by atoms with Crippen LogP contribution in [0.3, 0.4) is 0 Å². The van der Waals surface area contributed by atoms with Gasteiger partial charge in [0.2, 0.25) is 0 Å². The first-order valence-electron chi connectivity index (χ1n) is 8.62. The smallest absolute Gasteiger partial charge is 0.262 e. The van der Waals surface area contributed by atoms with Gasteiger partial charge in [-0.3, -0.25) is 9.36 Å². The molecule has 4 rings (SSSR count). The van der Waals surface area contributed by atoms with Crippen LogP contribution in [0.15, 0.2) is 75.2 Å². The highest BCUT2D eigenvalue weighted by molar-refractivity contribution is 7.98. The maximum Gasteiger partial charge on any atom is 0.262 e. The van der Waals surface area contributed by atoms with Gasteiger partial charge in [-0.15, -0.1) is 0 Å². The second kappa shape index (κ2) is 8.12. The van der Waals surface area contributed by atoms with E-state index in [0.717, 1.165) is 11.3 Å². The summed E-state index contributed by atoms with van der Waals surface area (Å²) < 4.78 is 12.3. The summed E-state index contributed by atoms with van der Waals surface area (Å²) in [7, 11) is 1.64. The quantitative estimate of drug-likeness (QED) is 0.330. The fourth-order valence-corrected chi connectivity index (χ4v) is 3.97. The molecule has 7 heteroatoms. The minimum absolute atomic E-state index is 0.115. The van der Waals surface area contributed by atoms with Crippen molar-refractivity contribution in [2.45, 2.75) is 17.5 Å². The molecule has 0 radical (unpaired) electrons. The summed E-state index contributed by atoms with van der Waals surface area (Å²) >= 11 is 7.59. The van der Waals surface area contributed by atoms with Crippen molar-refractivity contribution in [3.8, 4) is 5.75 Å². The van der Waals surface area contributed by atoms with E-state index in [9.17, 15) is 4.79 Å². The van der Waals surface area contributed by atoms with Gasteiger partial charge in [-0.25, -0.2) is 4.98 Å². The lowest BCUT2D eigenvalue weighted by molar-refractivity contribution is 0.414. The normalized spacial score (nSPS) is 11.1. The van der Waals surface area contributed by atoms with Gasteiger partial charge in [0.05, 0.1) is 30.8 Å². The molecule has 4 aromatic rings. The zero-order valence-corrected chi connectivity index (χ0v) is 16.7. The van der Waals surface area contributed by atoms with E-state index in [2.05, 4.69) is 0 Å². The third kappa shape index (κ3) is 3.93. The van der Waals surface area contributed by atoms with E-state index in [4.69, 9.17) is 25.7 Å². The van der Waals surface area contributed by atoms with Crippen LogP contribution in [0.25, 0.3) is 10.9 Å². The Labute approximate surface area is 170 Å². The van der Waals surface area contributed by atoms with Gasteiger partial charge in [0, 0.05) is 10.8 Å². The third-order valence-corrected chi connectivity index (χ3v) is 5.59. The number of benzene rings is 2. The van der Waals surface area contributed by atoms with Crippen LogP contribution in [-0.4, -0.2) is 16.7 Å². The molecule has 0 amide bonds. The fraction of sp³-hybridized carbons (Fsp3) is 0.143. The standard InChI is InChI=1S/C21H17ClN2O3S/c1-26-16-7-4-14(5-8-16)13-28-21-23-19-11-15(22)6-9-18(19)20(25)24(21)12-17-3-2-10-27-17/h2-11H,12-13H2,1H3. The molecule has 5 nitrogen and oxygen atoms in total. The lowest BCUT2D eigenvalue weighted by Gasteiger charge is -2.12. The van der Waals surface area contributed by atoms with Crippen LogP contribution >= 0.6 is 23.4 Å². The molecule has 28 heavy (non-hydrogen) atoms. The molecular formula is C21H17ClN2O3S. The third-order valence-electron chi connectivity index (χ3n) is 4.30. The summed E-state index contributed by atoms with van der Waals surface area (Å²) in [6.45, 7) is 0.322. The molecular weight excluding hydrogens is 396 g/mol. The Balaban J connectivity index is 1.72. The molecule has 0 bridgehead atoms. The Bertz CT molecular complexity index is 1150. The summed E-state index contributed by atoms with van der Waals surface area (Å²) in [4.78, 5) is 17.8. The van der Waals surface area contributed by atoms with Crippen molar-refractivity contribution >= 4 is 34.3 Å². The number of halogens is 1. The molecule has 0 aliphatic carbocycles. The molecule has 0 N–H and O–H groups in total.